The van der Waals surface area contributed by atoms with Gasteiger partial charge >= 0.3 is 12.1 Å². The molecular weight excluding hydrogens is 338 g/mol. The van der Waals surface area contributed by atoms with Crippen LogP contribution >= 0.6 is 15.9 Å². The van der Waals surface area contributed by atoms with Crippen LogP contribution in [-0.4, -0.2) is 34.7 Å². The highest BCUT2D eigenvalue weighted by Gasteiger charge is 2.43. The van der Waals surface area contributed by atoms with E-state index in [1.807, 2.05) is 0 Å². The van der Waals surface area contributed by atoms with Gasteiger partial charge in [-0.1, -0.05) is 28.1 Å². The summed E-state index contributed by atoms with van der Waals surface area (Å²) in [5.41, 5.74) is -1.71. The van der Waals surface area contributed by atoms with Crippen LogP contribution in [0, 0.1) is 0 Å². The van der Waals surface area contributed by atoms with Crippen LogP contribution < -0.4 is 0 Å². The molecular formula is C15H20BrNO4. The lowest BCUT2D eigenvalue weighted by molar-refractivity contribution is -0.150. The number of carboxylic acid groups (broad SMARTS) is 1. The van der Waals surface area contributed by atoms with Crippen molar-refractivity contribution in [1.82, 2.24) is 4.90 Å². The topological polar surface area (TPSA) is 66.8 Å². The number of benzene rings is 1. The zero-order valence-corrected chi connectivity index (χ0v) is 14.4. The van der Waals surface area contributed by atoms with Gasteiger partial charge in [-0.3, -0.25) is 4.90 Å². The third kappa shape index (κ3) is 3.97. The second kappa shape index (κ2) is 6.05. The Labute approximate surface area is 133 Å². The molecule has 0 saturated carbocycles. The van der Waals surface area contributed by atoms with Gasteiger partial charge in [0.05, 0.1) is 0 Å². The maximum atomic E-state index is 12.2. The van der Waals surface area contributed by atoms with Crippen LogP contribution in [0.4, 0.5) is 4.79 Å². The zero-order valence-electron chi connectivity index (χ0n) is 12.8. The van der Waals surface area contributed by atoms with E-state index in [-0.39, 0.29) is 0 Å². The minimum Gasteiger partial charge on any atom is -0.479 e. The molecule has 0 radical (unpaired) electrons. The maximum Gasteiger partial charge on any atom is 0.411 e. The summed E-state index contributed by atoms with van der Waals surface area (Å²) in [7, 11) is 1.42. The molecule has 5 nitrogen and oxygen atoms in total. The minimum atomic E-state index is -1.51. The molecule has 1 atom stereocenters. The first-order valence-electron chi connectivity index (χ1n) is 6.44. The predicted molar refractivity (Wildman–Crippen MR) is 83.1 cm³/mol. The Hall–Kier alpha value is -1.56. The number of ether oxygens (including phenoxy) is 1. The first-order valence-corrected chi connectivity index (χ1v) is 7.24. The van der Waals surface area contributed by atoms with Gasteiger partial charge in [0.15, 0.2) is 5.54 Å². The summed E-state index contributed by atoms with van der Waals surface area (Å²) in [6, 6.07) is 6.80. The summed E-state index contributed by atoms with van der Waals surface area (Å²) >= 11 is 3.30. The number of carbonyl (C=O) groups excluding carboxylic acids is 1. The number of carbonyl (C=O) groups is 2. The number of amides is 1. The zero-order chi connectivity index (χ0) is 16.4. The lowest BCUT2D eigenvalue weighted by Gasteiger charge is -2.36. The molecule has 0 aliphatic rings. The van der Waals surface area contributed by atoms with E-state index in [1.165, 1.54) is 14.0 Å². The molecule has 0 aliphatic carbocycles. The lowest BCUT2D eigenvalue weighted by Crippen LogP contribution is -2.51. The van der Waals surface area contributed by atoms with Gasteiger partial charge in [-0.25, -0.2) is 9.59 Å². The Morgan fingerprint density at radius 1 is 1.14 bits per heavy atom. The van der Waals surface area contributed by atoms with E-state index < -0.39 is 23.2 Å². The Kier molecular flexibility index (Phi) is 5.04. The summed E-state index contributed by atoms with van der Waals surface area (Å²) in [5, 5.41) is 9.61. The summed E-state index contributed by atoms with van der Waals surface area (Å²) in [4.78, 5) is 25.0. The molecule has 0 saturated heterocycles. The van der Waals surface area contributed by atoms with Crippen molar-refractivity contribution in [3.8, 4) is 0 Å². The first-order chi connectivity index (χ1) is 9.48. The molecule has 1 aromatic rings. The van der Waals surface area contributed by atoms with Crippen molar-refractivity contribution in [2.75, 3.05) is 7.05 Å². The van der Waals surface area contributed by atoms with Gasteiger partial charge in [0.25, 0.3) is 0 Å². The van der Waals surface area contributed by atoms with Crippen molar-refractivity contribution in [3.63, 3.8) is 0 Å². The molecule has 1 N–H and O–H groups in total. The molecule has 0 aromatic heterocycles. The number of carboxylic acids is 1. The van der Waals surface area contributed by atoms with Gasteiger partial charge in [-0.2, -0.15) is 0 Å². The van der Waals surface area contributed by atoms with Crippen LogP contribution in [0.25, 0.3) is 0 Å². The molecule has 0 fully saturated rings. The van der Waals surface area contributed by atoms with Crippen molar-refractivity contribution in [2.24, 2.45) is 0 Å². The fraction of sp³-hybridized carbons (Fsp3) is 0.467. The van der Waals surface area contributed by atoms with Crippen molar-refractivity contribution in [3.05, 3.63) is 34.3 Å². The monoisotopic (exact) mass is 357 g/mol. The van der Waals surface area contributed by atoms with Gasteiger partial charge in [0, 0.05) is 11.5 Å². The third-order valence-corrected chi connectivity index (χ3v) is 3.69. The summed E-state index contributed by atoms with van der Waals surface area (Å²) in [6.45, 7) is 6.67. The number of aliphatic carboxylic acids is 1. The predicted octanol–water partition coefficient (Wildman–Crippen LogP) is 3.62. The number of hydrogen-bond donors (Lipinski definition) is 1. The number of likely N-dealkylation sites (N-methyl/N-ethyl adjacent to an activating group) is 1. The largest absolute Gasteiger partial charge is 0.479 e. The molecule has 1 amide bonds. The quantitative estimate of drug-likeness (QED) is 0.896. The van der Waals surface area contributed by atoms with Gasteiger partial charge in [0.1, 0.15) is 5.60 Å². The third-order valence-electron chi connectivity index (χ3n) is 3.16. The van der Waals surface area contributed by atoms with Gasteiger partial charge in [-0.15, -0.1) is 0 Å². The van der Waals surface area contributed by atoms with E-state index in [0.29, 0.717) is 5.56 Å². The Bertz CT molecular complexity index is 536. The molecule has 0 bridgehead atoms. The van der Waals surface area contributed by atoms with E-state index >= 15 is 0 Å². The molecule has 6 heteroatoms. The van der Waals surface area contributed by atoms with Crippen LogP contribution in [0.3, 0.4) is 0 Å². The number of hydrogen-bond acceptors (Lipinski definition) is 3. The van der Waals surface area contributed by atoms with E-state index in [0.717, 1.165) is 9.37 Å². The molecule has 1 unspecified atom stereocenters. The Morgan fingerprint density at radius 2 is 1.62 bits per heavy atom. The fourth-order valence-corrected chi connectivity index (χ4v) is 2.01. The van der Waals surface area contributed by atoms with Crippen LogP contribution in [0.15, 0.2) is 28.7 Å². The molecule has 0 heterocycles. The molecule has 1 rings (SSSR count). The fourth-order valence-electron chi connectivity index (χ4n) is 1.75. The molecule has 0 aliphatic heterocycles. The van der Waals surface area contributed by atoms with E-state index in [9.17, 15) is 14.7 Å². The second-order valence-electron chi connectivity index (χ2n) is 5.92. The molecule has 1 aromatic carbocycles. The average Bonchev–Trinajstić information content (AvgIpc) is 2.35. The summed E-state index contributed by atoms with van der Waals surface area (Å²) in [5.74, 6) is -1.13. The minimum absolute atomic E-state index is 0.492. The number of rotatable bonds is 3. The van der Waals surface area contributed by atoms with Gasteiger partial charge in [-0.05, 0) is 45.4 Å². The van der Waals surface area contributed by atoms with Crippen LogP contribution in [-0.2, 0) is 15.1 Å². The number of nitrogens with zero attached hydrogens (tertiary/aromatic N) is 1. The van der Waals surface area contributed by atoms with Crippen LogP contribution in [0.1, 0.15) is 33.3 Å². The van der Waals surface area contributed by atoms with Crippen LogP contribution in [0.2, 0.25) is 0 Å². The Morgan fingerprint density at radius 3 is 2.00 bits per heavy atom. The SMILES string of the molecule is CN(C(=O)OC(C)(C)C)C(C)(C(=O)O)c1ccc(Br)cc1. The summed E-state index contributed by atoms with van der Waals surface area (Å²) < 4.78 is 6.09. The van der Waals surface area contributed by atoms with Crippen molar-refractivity contribution >= 4 is 28.0 Å². The second-order valence-corrected chi connectivity index (χ2v) is 6.84. The first kappa shape index (κ1) is 17.5. The maximum absolute atomic E-state index is 12.2. The smallest absolute Gasteiger partial charge is 0.411 e. The lowest BCUT2D eigenvalue weighted by atomic mass is 9.91. The normalized spacial score (nSPS) is 14.2. The summed E-state index contributed by atoms with van der Waals surface area (Å²) in [6.07, 6.45) is -0.685. The van der Waals surface area contributed by atoms with E-state index in [1.54, 1.807) is 45.0 Å². The van der Waals surface area contributed by atoms with Crippen molar-refractivity contribution in [1.29, 1.82) is 0 Å². The molecule has 21 heavy (non-hydrogen) atoms. The highest BCUT2D eigenvalue weighted by atomic mass is 79.9. The highest BCUT2D eigenvalue weighted by Crippen LogP contribution is 2.30. The van der Waals surface area contributed by atoms with Crippen molar-refractivity contribution < 1.29 is 19.4 Å². The van der Waals surface area contributed by atoms with Gasteiger partial charge < -0.3 is 9.84 Å². The number of halogens is 1. The Balaban J connectivity index is 3.19. The highest BCUT2D eigenvalue weighted by molar-refractivity contribution is 9.10. The van der Waals surface area contributed by atoms with Gasteiger partial charge in [0.2, 0.25) is 0 Å². The van der Waals surface area contributed by atoms with Crippen molar-refractivity contribution in [2.45, 2.75) is 38.8 Å². The molecule has 0 spiro atoms. The van der Waals surface area contributed by atoms with E-state index in [4.69, 9.17) is 4.74 Å². The average molecular weight is 358 g/mol. The standard InChI is InChI=1S/C15H20BrNO4/c1-14(2,3)21-13(20)17(5)15(4,12(18)19)10-6-8-11(16)9-7-10/h6-9H,1-5H3,(H,18,19). The van der Waals surface area contributed by atoms with Crippen LogP contribution in [0.5, 0.6) is 0 Å². The van der Waals surface area contributed by atoms with E-state index in [2.05, 4.69) is 15.9 Å². The molecule has 116 valence electrons.